The molecular formula is C27H26FN5O2S2. The van der Waals surface area contributed by atoms with Crippen LogP contribution in [0.2, 0.25) is 0 Å². The summed E-state index contributed by atoms with van der Waals surface area (Å²) in [5, 5.41) is 6.91. The van der Waals surface area contributed by atoms with Gasteiger partial charge in [0, 0.05) is 54.2 Å². The molecule has 0 radical (unpaired) electrons. The molecule has 5 rings (SSSR count). The maximum Gasteiger partial charge on any atom is 0.219 e. The first kappa shape index (κ1) is 25.2. The number of anilines is 2. The van der Waals surface area contributed by atoms with E-state index in [1.807, 2.05) is 29.2 Å². The number of hydrogen-bond acceptors (Lipinski definition) is 8. The van der Waals surface area contributed by atoms with Crippen LogP contribution in [0.15, 0.2) is 76.2 Å². The van der Waals surface area contributed by atoms with E-state index < -0.39 is 0 Å². The van der Waals surface area contributed by atoms with Crippen LogP contribution < -0.4 is 10.1 Å². The van der Waals surface area contributed by atoms with Crippen LogP contribution in [-0.2, 0) is 10.2 Å². The zero-order valence-electron chi connectivity index (χ0n) is 20.5. The Balaban J connectivity index is 1.37. The van der Waals surface area contributed by atoms with Gasteiger partial charge in [-0.2, -0.15) is 0 Å². The predicted molar refractivity (Wildman–Crippen MR) is 143 cm³/mol. The number of ether oxygens (including phenoxy) is 1. The summed E-state index contributed by atoms with van der Waals surface area (Å²) in [6.45, 7) is 5.29. The lowest BCUT2D eigenvalue weighted by Gasteiger charge is -2.38. The number of nitrogens with one attached hydrogen (secondary N) is 1. The van der Waals surface area contributed by atoms with Crippen LogP contribution in [-0.4, -0.2) is 38.8 Å². The fourth-order valence-corrected chi connectivity index (χ4v) is 5.73. The van der Waals surface area contributed by atoms with Gasteiger partial charge in [0.2, 0.25) is 5.91 Å². The molecule has 1 N–H and O–H groups in total. The van der Waals surface area contributed by atoms with E-state index in [-0.39, 0.29) is 17.1 Å². The van der Waals surface area contributed by atoms with Gasteiger partial charge < -0.3 is 15.0 Å². The highest BCUT2D eigenvalue weighted by molar-refractivity contribution is 7.99. The molecule has 1 aliphatic rings. The molecule has 1 fully saturated rings. The number of rotatable bonds is 7. The third-order valence-corrected chi connectivity index (χ3v) is 8.06. The third kappa shape index (κ3) is 6.08. The first-order valence-corrected chi connectivity index (χ1v) is 13.6. The lowest BCUT2D eigenvalue weighted by Crippen LogP contribution is -2.43. The maximum absolute atomic E-state index is 13.4. The number of nitrogens with zero attached hydrogens (tertiary/aromatic N) is 4. The number of carbonyl (C=O) groups excluding carboxylic acids is 1. The Kier molecular flexibility index (Phi) is 7.38. The minimum atomic E-state index is -0.332. The van der Waals surface area contributed by atoms with E-state index in [0.29, 0.717) is 22.4 Å². The molecule has 0 spiro atoms. The van der Waals surface area contributed by atoms with Gasteiger partial charge in [0.15, 0.2) is 16.7 Å². The Morgan fingerprint density at radius 2 is 1.95 bits per heavy atom. The standard InChI is InChI=1S/C27H26FN5O2S2/c1-18(34)33-13-10-27(2,11-14-33)23-17-36-26(31-23)32-25-22(35-20-8-6-19(28)7-9-20)15-21(16-30-25)37-24-5-3-4-12-29-24/h3-9,12,15-17H,10-11,13-14H2,1-2H3,(H,30,31,32). The topological polar surface area (TPSA) is 80.2 Å². The summed E-state index contributed by atoms with van der Waals surface area (Å²) < 4.78 is 19.5. The number of amides is 1. The van der Waals surface area contributed by atoms with Gasteiger partial charge in [0.25, 0.3) is 0 Å². The van der Waals surface area contributed by atoms with Gasteiger partial charge in [-0.1, -0.05) is 24.8 Å². The summed E-state index contributed by atoms with van der Waals surface area (Å²) in [6, 6.07) is 13.5. The highest BCUT2D eigenvalue weighted by Crippen LogP contribution is 2.39. The molecule has 10 heteroatoms. The van der Waals surface area contributed by atoms with Gasteiger partial charge in [0.05, 0.1) is 5.69 Å². The second-order valence-corrected chi connectivity index (χ2v) is 11.0. The first-order chi connectivity index (χ1) is 17.9. The van der Waals surface area contributed by atoms with Crippen molar-refractivity contribution in [2.24, 2.45) is 0 Å². The van der Waals surface area contributed by atoms with Gasteiger partial charge >= 0.3 is 0 Å². The van der Waals surface area contributed by atoms with Crippen molar-refractivity contribution in [3.63, 3.8) is 0 Å². The molecule has 1 aromatic carbocycles. The van der Waals surface area contributed by atoms with E-state index in [1.54, 1.807) is 31.5 Å². The van der Waals surface area contributed by atoms with Crippen molar-refractivity contribution >= 4 is 40.0 Å². The van der Waals surface area contributed by atoms with E-state index in [0.717, 1.165) is 41.5 Å². The van der Waals surface area contributed by atoms with Gasteiger partial charge in [-0.05, 0) is 49.2 Å². The smallest absolute Gasteiger partial charge is 0.219 e. The summed E-state index contributed by atoms with van der Waals surface area (Å²) in [5.41, 5.74) is 0.915. The average molecular weight is 536 g/mol. The number of halogens is 1. The van der Waals surface area contributed by atoms with Crippen molar-refractivity contribution in [2.75, 3.05) is 18.4 Å². The van der Waals surface area contributed by atoms with Crippen molar-refractivity contribution in [1.29, 1.82) is 0 Å². The summed E-state index contributed by atoms with van der Waals surface area (Å²) >= 11 is 2.98. The van der Waals surface area contributed by atoms with Crippen LogP contribution >= 0.6 is 23.1 Å². The molecule has 3 aromatic heterocycles. The number of pyridine rings is 2. The quantitative estimate of drug-likeness (QED) is 0.283. The summed E-state index contributed by atoms with van der Waals surface area (Å²) in [6.07, 6.45) is 5.23. The van der Waals surface area contributed by atoms with Crippen LogP contribution in [0.3, 0.4) is 0 Å². The molecule has 1 amide bonds. The molecule has 0 saturated carbocycles. The molecule has 37 heavy (non-hydrogen) atoms. The highest BCUT2D eigenvalue weighted by atomic mass is 32.2. The molecule has 7 nitrogen and oxygen atoms in total. The molecule has 1 saturated heterocycles. The molecule has 4 aromatic rings. The minimum absolute atomic E-state index is 0.0908. The van der Waals surface area contributed by atoms with E-state index in [4.69, 9.17) is 9.72 Å². The van der Waals surface area contributed by atoms with Gasteiger partial charge in [-0.3, -0.25) is 4.79 Å². The molecular weight excluding hydrogens is 509 g/mol. The van der Waals surface area contributed by atoms with Crippen LogP contribution in [0.1, 0.15) is 32.4 Å². The average Bonchev–Trinajstić information content (AvgIpc) is 3.37. The zero-order chi connectivity index (χ0) is 25.8. The molecule has 0 atom stereocenters. The van der Waals surface area contributed by atoms with Crippen molar-refractivity contribution < 1.29 is 13.9 Å². The lowest BCUT2D eigenvalue weighted by atomic mass is 9.78. The molecule has 1 aliphatic heterocycles. The Morgan fingerprint density at radius 3 is 2.65 bits per heavy atom. The molecule has 0 bridgehead atoms. The van der Waals surface area contributed by atoms with Gasteiger partial charge in [0.1, 0.15) is 16.6 Å². The Bertz CT molecular complexity index is 1370. The molecule has 190 valence electrons. The summed E-state index contributed by atoms with van der Waals surface area (Å²) in [5.74, 6) is 1.28. The second kappa shape index (κ2) is 10.9. The predicted octanol–water partition coefficient (Wildman–Crippen LogP) is 6.66. The number of likely N-dealkylation sites (tertiary alicyclic amines) is 1. The minimum Gasteiger partial charge on any atom is -0.453 e. The number of aromatic nitrogens is 3. The first-order valence-electron chi connectivity index (χ1n) is 11.9. The fraction of sp³-hybridized carbons (Fsp3) is 0.259. The number of benzene rings is 1. The Hall–Kier alpha value is -3.50. The largest absolute Gasteiger partial charge is 0.453 e. The van der Waals surface area contributed by atoms with Crippen LogP contribution in [0, 0.1) is 5.82 Å². The van der Waals surface area contributed by atoms with Gasteiger partial charge in [-0.15, -0.1) is 11.3 Å². The number of thiazole rings is 1. The number of carbonyl (C=O) groups is 1. The molecule has 4 heterocycles. The zero-order valence-corrected chi connectivity index (χ0v) is 22.1. The Morgan fingerprint density at radius 1 is 1.16 bits per heavy atom. The monoisotopic (exact) mass is 535 g/mol. The van der Waals surface area contributed by atoms with Gasteiger partial charge in [-0.25, -0.2) is 19.3 Å². The third-order valence-electron chi connectivity index (χ3n) is 6.39. The van der Waals surface area contributed by atoms with Crippen molar-refractivity contribution in [3.05, 3.63) is 77.8 Å². The van der Waals surface area contributed by atoms with E-state index in [1.165, 1.54) is 35.2 Å². The van der Waals surface area contributed by atoms with Crippen molar-refractivity contribution in [1.82, 2.24) is 19.9 Å². The summed E-state index contributed by atoms with van der Waals surface area (Å²) in [7, 11) is 0. The van der Waals surface area contributed by atoms with Crippen molar-refractivity contribution in [2.45, 2.75) is 42.0 Å². The summed E-state index contributed by atoms with van der Waals surface area (Å²) in [4.78, 5) is 28.3. The van der Waals surface area contributed by atoms with Crippen LogP contribution in [0.25, 0.3) is 0 Å². The second-order valence-electron chi connectivity index (χ2n) is 9.07. The number of hydrogen-bond donors (Lipinski definition) is 1. The number of piperidine rings is 1. The molecule has 0 unspecified atom stereocenters. The van der Waals surface area contributed by atoms with Crippen molar-refractivity contribution in [3.8, 4) is 11.5 Å². The van der Waals surface area contributed by atoms with E-state index in [9.17, 15) is 9.18 Å². The van der Waals surface area contributed by atoms with Crippen LogP contribution in [0.4, 0.5) is 15.3 Å². The normalized spacial score (nSPS) is 14.8. The molecule has 0 aliphatic carbocycles. The maximum atomic E-state index is 13.4. The fourth-order valence-electron chi connectivity index (χ4n) is 4.09. The van der Waals surface area contributed by atoms with E-state index >= 15 is 0 Å². The lowest BCUT2D eigenvalue weighted by molar-refractivity contribution is -0.130. The highest BCUT2D eigenvalue weighted by Gasteiger charge is 2.34. The van der Waals surface area contributed by atoms with Crippen LogP contribution in [0.5, 0.6) is 11.5 Å². The SMILES string of the molecule is CC(=O)N1CCC(C)(c2csc(Nc3ncc(Sc4ccccn4)cc3Oc3ccc(F)cc3)n2)CC1. The van der Waals surface area contributed by atoms with E-state index in [2.05, 4.69) is 27.6 Å². The Labute approximate surface area is 223 Å².